The number of hydrogen-bond donors (Lipinski definition) is 2. The number of nitrogens with zero attached hydrogens (tertiary/aromatic N) is 1. The van der Waals surface area contributed by atoms with E-state index in [1.54, 1.807) is 12.1 Å². The molecule has 1 aromatic carbocycles. The number of anilines is 2. The second-order valence-electron chi connectivity index (χ2n) is 4.53. The van der Waals surface area contributed by atoms with Crippen LogP contribution in [0.4, 0.5) is 15.8 Å². The Bertz CT molecular complexity index is 363. The lowest BCUT2D eigenvalue weighted by Crippen LogP contribution is -2.30. The fraction of sp³-hybridized carbons (Fsp3) is 0.538. The number of para-hydroxylation sites is 1. The topological polar surface area (TPSA) is 49.5 Å². The normalized spacial score (nSPS) is 19.9. The molecule has 1 heterocycles. The molecule has 0 amide bonds. The molecule has 1 atom stereocenters. The van der Waals surface area contributed by atoms with Crippen LogP contribution in [0.25, 0.3) is 0 Å². The van der Waals surface area contributed by atoms with Gasteiger partial charge in [-0.3, -0.25) is 0 Å². The summed E-state index contributed by atoms with van der Waals surface area (Å²) < 4.78 is 13.8. The van der Waals surface area contributed by atoms with Crippen molar-refractivity contribution in [2.45, 2.75) is 31.7 Å². The van der Waals surface area contributed by atoms with Crippen LogP contribution in [0.5, 0.6) is 0 Å². The van der Waals surface area contributed by atoms with Crippen molar-refractivity contribution in [1.82, 2.24) is 0 Å². The standard InChI is InChI=1S/C13H19FN2O/c14-11-6-1-7-12(15)13(11)16-8-2-4-10(16)5-3-9-17/h1,6-7,10,17H,2-5,8-9,15H2. The van der Waals surface area contributed by atoms with Gasteiger partial charge >= 0.3 is 0 Å². The van der Waals surface area contributed by atoms with E-state index in [2.05, 4.69) is 4.90 Å². The van der Waals surface area contributed by atoms with Gasteiger partial charge in [-0.2, -0.15) is 0 Å². The molecule has 1 unspecified atom stereocenters. The molecule has 1 fully saturated rings. The smallest absolute Gasteiger partial charge is 0.148 e. The summed E-state index contributed by atoms with van der Waals surface area (Å²) in [5, 5.41) is 8.88. The van der Waals surface area contributed by atoms with Gasteiger partial charge in [0.1, 0.15) is 5.82 Å². The third-order valence-corrected chi connectivity index (χ3v) is 3.38. The van der Waals surface area contributed by atoms with E-state index in [-0.39, 0.29) is 12.4 Å². The lowest BCUT2D eigenvalue weighted by molar-refractivity contribution is 0.279. The number of benzene rings is 1. The summed E-state index contributed by atoms with van der Waals surface area (Å²) in [6, 6.07) is 5.13. The molecule has 17 heavy (non-hydrogen) atoms. The van der Waals surface area contributed by atoms with E-state index in [9.17, 15) is 4.39 Å². The van der Waals surface area contributed by atoms with Crippen LogP contribution < -0.4 is 10.6 Å². The van der Waals surface area contributed by atoms with Gasteiger partial charge in [-0.25, -0.2) is 4.39 Å². The first-order valence-electron chi connectivity index (χ1n) is 6.15. The second kappa shape index (κ2) is 5.36. The maximum atomic E-state index is 13.8. The SMILES string of the molecule is Nc1cccc(F)c1N1CCCC1CCCO. The lowest BCUT2D eigenvalue weighted by atomic mass is 10.1. The summed E-state index contributed by atoms with van der Waals surface area (Å²) in [6.07, 6.45) is 3.76. The van der Waals surface area contributed by atoms with E-state index in [0.717, 1.165) is 32.2 Å². The molecule has 1 aliphatic rings. The first kappa shape index (κ1) is 12.2. The minimum atomic E-state index is -0.249. The van der Waals surface area contributed by atoms with Crippen molar-refractivity contribution in [1.29, 1.82) is 0 Å². The average molecular weight is 238 g/mol. The van der Waals surface area contributed by atoms with Gasteiger partial charge in [-0.1, -0.05) is 6.07 Å². The molecule has 1 saturated heterocycles. The van der Waals surface area contributed by atoms with E-state index >= 15 is 0 Å². The van der Waals surface area contributed by atoms with Crippen LogP contribution in [0.2, 0.25) is 0 Å². The molecular weight excluding hydrogens is 219 g/mol. The Kier molecular flexibility index (Phi) is 3.84. The van der Waals surface area contributed by atoms with Crippen molar-refractivity contribution in [3.63, 3.8) is 0 Å². The molecule has 0 radical (unpaired) electrons. The Hall–Kier alpha value is -1.29. The summed E-state index contributed by atoms with van der Waals surface area (Å²) in [5.74, 6) is -0.249. The predicted octanol–water partition coefficient (Wildman–Crippen LogP) is 2.15. The van der Waals surface area contributed by atoms with Gasteiger partial charge in [0.2, 0.25) is 0 Å². The quantitative estimate of drug-likeness (QED) is 0.790. The number of aliphatic hydroxyl groups excluding tert-OH is 1. The van der Waals surface area contributed by atoms with Crippen LogP contribution in [0.1, 0.15) is 25.7 Å². The van der Waals surface area contributed by atoms with E-state index in [1.807, 2.05) is 0 Å². The molecule has 4 heteroatoms. The molecule has 2 rings (SSSR count). The minimum absolute atomic E-state index is 0.192. The molecule has 94 valence electrons. The van der Waals surface area contributed by atoms with Crippen LogP contribution in [-0.2, 0) is 0 Å². The van der Waals surface area contributed by atoms with Crippen molar-refractivity contribution in [3.05, 3.63) is 24.0 Å². The molecule has 3 nitrogen and oxygen atoms in total. The molecule has 1 aromatic rings. The van der Waals surface area contributed by atoms with Crippen molar-refractivity contribution in [2.75, 3.05) is 23.8 Å². The van der Waals surface area contributed by atoms with Gasteiger partial charge in [0.15, 0.2) is 0 Å². The highest BCUT2D eigenvalue weighted by Crippen LogP contribution is 2.34. The Balaban J connectivity index is 2.20. The Morgan fingerprint density at radius 1 is 1.47 bits per heavy atom. The number of halogens is 1. The summed E-state index contributed by atoms with van der Waals surface area (Å²) in [7, 11) is 0. The highest BCUT2D eigenvalue weighted by molar-refractivity contribution is 5.69. The van der Waals surface area contributed by atoms with Gasteiger partial charge in [0, 0.05) is 19.2 Å². The van der Waals surface area contributed by atoms with E-state index < -0.39 is 0 Å². The van der Waals surface area contributed by atoms with Gasteiger partial charge < -0.3 is 15.7 Å². The van der Waals surface area contributed by atoms with Gasteiger partial charge in [-0.15, -0.1) is 0 Å². The highest BCUT2D eigenvalue weighted by Gasteiger charge is 2.27. The first-order valence-corrected chi connectivity index (χ1v) is 6.15. The van der Waals surface area contributed by atoms with Crippen molar-refractivity contribution in [3.8, 4) is 0 Å². The van der Waals surface area contributed by atoms with Crippen LogP contribution in [0, 0.1) is 5.82 Å². The van der Waals surface area contributed by atoms with Gasteiger partial charge in [0.05, 0.1) is 11.4 Å². The Morgan fingerprint density at radius 2 is 2.29 bits per heavy atom. The van der Waals surface area contributed by atoms with Crippen LogP contribution in [-0.4, -0.2) is 24.3 Å². The third kappa shape index (κ3) is 2.52. The van der Waals surface area contributed by atoms with Crippen molar-refractivity contribution in [2.24, 2.45) is 0 Å². The Labute approximate surface area is 101 Å². The number of rotatable bonds is 4. The maximum absolute atomic E-state index is 13.8. The molecule has 1 aliphatic heterocycles. The van der Waals surface area contributed by atoms with E-state index in [0.29, 0.717) is 17.4 Å². The number of aliphatic hydroxyl groups is 1. The van der Waals surface area contributed by atoms with Gasteiger partial charge in [0.25, 0.3) is 0 Å². The van der Waals surface area contributed by atoms with Crippen LogP contribution in [0.15, 0.2) is 18.2 Å². The molecule has 0 saturated carbocycles. The zero-order valence-electron chi connectivity index (χ0n) is 9.90. The Morgan fingerprint density at radius 3 is 3.00 bits per heavy atom. The fourth-order valence-corrected chi connectivity index (χ4v) is 2.59. The third-order valence-electron chi connectivity index (χ3n) is 3.38. The van der Waals surface area contributed by atoms with Crippen LogP contribution >= 0.6 is 0 Å². The van der Waals surface area contributed by atoms with Crippen LogP contribution in [0.3, 0.4) is 0 Å². The van der Waals surface area contributed by atoms with Crippen molar-refractivity contribution >= 4 is 11.4 Å². The lowest BCUT2D eigenvalue weighted by Gasteiger charge is -2.28. The first-order chi connectivity index (χ1) is 8.24. The second-order valence-corrected chi connectivity index (χ2v) is 4.53. The summed E-state index contributed by atoms with van der Waals surface area (Å²) in [4.78, 5) is 2.06. The summed E-state index contributed by atoms with van der Waals surface area (Å²) in [5.41, 5.74) is 6.90. The van der Waals surface area contributed by atoms with E-state index in [4.69, 9.17) is 10.8 Å². The molecule has 0 aliphatic carbocycles. The highest BCUT2D eigenvalue weighted by atomic mass is 19.1. The fourth-order valence-electron chi connectivity index (χ4n) is 2.59. The monoisotopic (exact) mass is 238 g/mol. The maximum Gasteiger partial charge on any atom is 0.148 e. The molecule has 0 aromatic heterocycles. The number of nitrogen functional groups attached to an aromatic ring is 1. The molecule has 0 bridgehead atoms. The van der Waals surface area contributed by atoms with E-state index in [1.165, 1.54) is 6.07 Å². The van der Waals surface area contributed by atoms with Crippen molar-refractivity contribution < 1.29 is 9.50 Å². The van der Waals surface area contributed by atoms with Gasteiger partial charge in [-0.05, 0) is 37.8 Å². The predicted molar refractivity (Wildman–Crippen MR) is 67.5 cm³/mol. The zero-order valence-corrected chi connectivity index (χ0v) is 9.90. The average Bonchev–Trinajstić information content (AvgIpc) is 2.74. The summed E-state index contributed by atoms with van der Waals surface area (Å²) in [6.45, 7) is 1.04. The number of nitrogens with two attached hydrogens (primary N) is 1. The molecule has 0 spiro atoms. The largest absolute Gasteiger partial charge is 0.397 e. The zero-order chi connectivity index (χ0) is 12.3. The minimum Gasteiger partial charge on any atom is -0.397 e. The summed E-state index contributed by atoms with van der Waals surface area (Å²) >= 11 is 0. The molecule has 3 N–H and O–H groups in total. The number of hydrogen-bond acceptors (Lipinski definition) is 3. The molecular formula is C13H19FN2O.